The molecule has 1 unspecified atom stereocenters. The van der Waals surface area contributed by atoms with Crippen molar-refractivity contribution in [1.82, 2.24) is 20.0 Å². The largest absolute Gasteiger partial charge is 0.367 e. The van der Waals surface area contributed by atoms with Crippen molar-refractivity contribution in [3.05, 3.63) is 77.2 Å². The number of aryl methyl sites for hydroxylation is 1. The molecule has 0 bridgehead atoms. The molecule has 1 aromatic carbocycles. The third-order valence-electron chi connectivity index (χ3n) is 4.50. The van der Waals surface area contributed by atoms with Crippen molar-refractivity contribution in [2.24, 2.45) is 0 Å². The first kappa shape index (κ1) is 16.9. The van der Waals surface area contributed by atoms with Gasteiger partial charge in [0, 0.05) is 31.5 Å². The standard InChI is InChI=1S/C20H22N4O2/c1-15-7-8-17(12-21-15)11-19-22-20(23-26-19)18-14-24(9-10-25-18)13-16-5-3-2-4-6-16/h2-8,12,18H,9-11,13-14H2,1H3. The third kappa shape index (κ3) is 4.15. The first-order valence-electron chi connectivity index (χ1n) is 8.88. The van der Waals surface area contributed by atoms with Crippen LogP contribution in [0.25, 0.3) is 0 Å². The fourth-order valence-electron chi connectivity index (χ4n) is 3.09. The summed E-state index contributed by atoms with van der Waals surface area (Å²) >= 11 is 0. The Kier molecular flexibility index (Phi) is 5.04. The van der Waals surface area contributed by atoms with Gasteiger partial charge in [-0.05, 0) is 24.1 Å². The fraction of sp³-hybridized carbons (Fsp3) is 0.350. The molecule has 0 spiro atoms. The minimum Gasteiger partial charge on any atom is -0.367 e. The van der Waals surface area contributed by atoms with Crippen molar-refractivity contribution in [2.45, 2.75) is 26.0 Å². The molecule has 1 saturated heterocycles. The Morgan fingerprint density at radius 2 is 2.00 bits per heavy atom. The van der Waals surface area contributed by atoms with E-state index in [0.717, 1.165) is 30.9 Å². The summed E-state index contributed by atoms with van der Waals surface area (Å²) in [4.78, 5) is 11.2. The number of ether oxygens (including phenoxy) is 1. The Balaban J connectivity index is 1.39. The van der Waals surface area contributed by atoms with E-state index < -0.39 is 0 Å². The van der Waals surface area contributed by atoms with Gasteiger partial charge in [0.25, 0.3) is 0 Å². The summed E-state index contributed by atoms with van der Waals surface area (Å²) in [6.07, 6.45) is 2.28. The summed E-state index contributed by atoms with van der Waals surface area (Å²) < 4.78 is 11.3. The number of aromatic nitrogens is 3. The van der Waals surface area contributed by atoms with Crippen LogP contribution in [0.4, 0.5) is 0 Å². The monoisotopic (exact) mass is 350 g/mol. The number of hydrogen-bond acceptors (Lipinski definition) is 6. The van der Waals surface area contributed by atoms with Gasteiger partial charge in [0.05, 0.1) is 13.0 Å². The third-order valence-corrected chi connectivity index (χ3v) is 4.50. The number of morpholine rings is 1. The molecule has 0 radical (unpaired) electrons. The molecular formula is C20H22N4O2. The Hall–Kier alpha value is -2.57. The second-order valence-electron chi connectivity index (χ2n) is 6.61. The molecule has 4 rings (SSSR count). The van der Waals surface area contributed by atoms with Crippen molar-refractivity contribution in [2.75, 3.05) is 19.7 Å². The average Bonchev–Trinajstić information content (AvgIpc) is 3.13. The van der Waals surface area contributed by atoms with Gasteiger partial charge in [-0.25, -0.2) is 0 Å². The van der Waals surface area contributed by atoms with Gasteiger partial charge in [0.15, 0.2) is 0 Å². The number of benzene rings is 1. The molecule has 0 saturated carbocycles. The van der Waals surface area contributed by atoms with Crippen LogP contribution >= 0.6 is 0 Å². The zero-order valence-electron chi connectivity index (χ0n) is 14.8. The molecule has 26 heavy (non-hydrogen) atoms. The predicted octanol–water partition coefficient (Wildman–Crippen LogP) is 2.94. The number of nitrogens with zero attached hydrogens (tertiary/aromatic N) is 4. The van der Waals surface area contributed by atoms with E-state index in [1.165, 1.54) is 5.56 Å². The molecule has 0 N–H and O–H groups in total. The van der Waals surface area contributed by atoms with E-state index in [-0.39, 0.29) is 6.10 Å². The van der Waals surface area contributed by atoms with Gasteiger partial charge in [-0.3, -0.25) is 9.88 Å². The Morgan fingerprint density at radius 3 is 2.81 bits per heavy atom. The minimum atomic E-state index is -0.152. The topological polar surface area (TPSA) is 64.3 Å². The molecule has 0 amide bonds. The molecule has 134 valence electrons. The highest BCUT2D eigenvalue weighted by molar-refractivity contribution is 5.17. The molecule has 1 atom stereocenters. The van der Waals surface area contributed by atoms with Crippen LogP contribution in [0, 0.1) is 6.92 Å². The zero-order valence-corrected chi connectivity index (χ0v) is 14.8. The lowest BCUT2D eigenvalue weighted by Gasteiger charge is -2.31. The lowest BCUT2D eigenvalue weighted by Crippen LogP contribution is -2.38. The van der Waals surface area contributed by atoms with E-state index in [1.807, 2.05) is 31.3 Å². The van der Waals surface area contributed by atoms with Gasteiger partial charge in [-0.2, -0.15) is 4.98 Å². The Morgan fingerprint density at radius 1 is 1.12 bits per heavy atom. The molecule has 2 aromatic heterocycles. The minimum absolute atomic E-state index is 0.152. The maximum Gasteiger partial charge on any atom is 0.231 e. The smallest absolute Gasteiger partial charge is 0.231 e. The molecule has 1 aliphatic rings. The molecular weight excluding hydrogens is 328 g/mol. The SMILES string of the molecule is Cc1ccc(Cc2nc(C3CN(Cc4ccccc4)CCO3)no2)cn1. The van der Waals surface area contributed by atoms with Gasteiger partial charge in [-0.15, -0.1) is 0 Å². The molecule has 3 heterocycles. The second kappa shape index (κ2) is 7.76. The van der Waals surface area contributed by atoms with Gasteiger partial charge >= 0.3 is 0 Å². The molecule has 6 heteroatoms. The lowest BCUT2D eigenvalue weighted by molar-refractivity contribution is -0.0380. The van der Waals surface area contributed by atoms with Crippen LogP contribution < -0.4 is 0 Å². The number of pyridine rings is 1. The normalized spacial score (nSPS) is 18.1. The van der Waals surface area contributed by atoms with Crippen molar-refractivity contribution >= 4 is 0 Å². The highest BCUT2D eigenvalue weighted by Crippen LogP contribution is 2.21. The van der Waals surface area contributed by atoms with Crippen LogP contribution in [-0.4, -0.2) is 39.7 Å². The van der Waals surface area contributed by atoms with E-state index >= 15 is 0 Å². The van der Waals surface area contributed by atoms with Crippen LogP contribution in [0.15, 0.2) is 53.2 Å². The maximum absolute atomic E-state index is 5.87. The van der Waals surface area contributed by atoms with E-state index in [0.29, 0.717) is 24.7 Å². The highest BCUT2D eigenvalue weighted by Gasteiger charge is 2.26. The zero-order chi connectivity index (χ0) is 17.8. The van der Waals surface area contributed by atoms with Crippen LogP contribution in [0.1, 0.15) is 34.6 Å². The Labute approximate surface area is 152 Å². The van der Waals surface area contributed by atoms with Crippen molar-refractivity contribution in [1.29, 1.82) is 0 Å². The van der Waals surface area contributed by atoms with Crippen molar-refractivity contribution in [3.63, 3.8) is 0 Å². The van der Waals surface area contributed by atoms with E-state index in [9.17, 15) is 0 Å². The van der Waals surface area contributed by atoms with Gasteiger partial charge in [0.2, 0.25) is 11.7 Å². The van der Waals surface area contributed by atoms with Crippen LogP contribution in [0.3, 0.4) is 0 Å². The van der Waals surface area contributed by atoms with Crippen molar-refractivity contribution < 1.29 is 9.26 Å². The van der Waals surface area contributed by atoms with Crippen LogP contribution in [0.5, 0.6) is 0 Å². The molecule has 1 fully saturated rings. The summed E-state index contributed by atoms with van der Waals surface area (Å²) in [5.41, 5.74) is 3.35. The summed E-state index contributed by atoms with van der Waals surface area (Å²) in [5.74, 6) is 1.22. The second-order valence-corrected chi connectivity index (χ2v) is 6.61. The van der Waals surface area contributed by atoms with Gasteiger partial charge in [-0.1, -0.05) is 41.6 Å². The Bertz CT molecular complexity index is 833. The van der Waals surface area contributed by atoms with Gasteiger partial charge < -0.3 is 9.26 Å². The van der Waals surface area contributed by atoms with E-state index in [1.54, 1.807) is 0 Å². The summed E-state index contributed by atoms with van der Waals surface area (Å²) in [6.45, 7) is 5.21. The van der Waals surface area contributed by atoms with Crippen LogP contribution in [0.2, 0.25) is 0 Å². The summed E-state index contributed by atoms with van der Waals surface area (Å²) in [7, 11) is 0. The molecule has 0 aliphatic carbocycles. The predicted molar refractivity (Wildman–Crippen MR) is 96.5 cm³/mol. The van der Waals surface area contributed by atoms with Gasteiger partial charge in [0.1, 0.15) is 6.10 Å². The number of hydrogen-bond donors (Lipinski definition) is 0. The van der Waals surface area contributed by atoms with E-state index in [2.05, 4.69) is 44.3 Å². The molecule has 6 nitrogen and oxygen atoms in total. The first-order valence-corrected chi connectivity index (χ1v) is 8.88. The fourth-order valence-corrected chi connectivity index (χ4v) is 3.09. The van der Waals surface area contributed by atoms with E-state index in [4.69, 9.17) is 9.26 Å². The first-order chi connectivity index (χ1) is 12.8. The van der Waals surface area contributed by atoms with Crippen LogP contribution in [-0.2, 0) is 17.7 Å². The summed E-state index contributed by atoms with van der Waals surface area (Å²) in [6, 6.07) is 14.5. The number of rotatable bonds is 5. The quantitative estimate of drug-likeness (QED) is 0.705. The molecule has 3 aromatic rings. The summed E-state index contributed by atoms with van der Waals surface area (Å²) in [5, 5.41) is 4.14. The lowest BCUT2D eigenvalue weighted by atomic mass is 10.2. The van der Waals surface area contributed by atoms with Crippen molar-refractivity contribution in [3.8, 4) is 0 Å². The molecule has 1 aliphatic heterocycles. The highest BCUT2D eigenvalue weighted by atomic mass is 16.5. The maximum atomic E-state index is 5.87. The average molecular weight is 350 g/mol.